The molecule has 2 nitrogen and oxygen atoms in total. The van der Waals surface area contributed by atoms with Crippen LogP contribution in [-0.4, -0.2) is 5.91 Å². The van der Waals surface area contributed by atoms with Crippen LogP contribution in [0.2, 0.25) is 0 Å². The van der Waals surface area contributed by atoms with Gasteiger partial charge in [0.05, 0.1) is 0 Å². The van der Waals surface area contributed by atoms with Crippen molar-refractivity contribution < 1.29 is 4.79 Å². The Morgan fingerprint density at radius 2 is 1.87 bits per heavy atom. The second kappa shape index (κ2) is 7.63. The maximum absolute atomic E-state index is 11.7. The highest BCUT2D eigenvalue weighted by Crippen LogP contribution is 2.41. The third kappa shape index (κ3) is 4.34. The van der Waals surface area contributed by atoms with E-state index in [9.17, 15) is 4.79 Å². The van der Waals surface area contributed by atoms with Crippen molar-refractivity contribution in [3.8, 4) is 0 Å². The van der Waals surface area contributed by atoms with Gasteiger partial charge in [0.1, 0.15) is 0 Å². The van der Waals surface area contributed by atoms with Crippen LogP contribution in [0.25, 0.3) is 6.08 Å². The molecule has 1 aromatic rings. The molecule has 2 fully saturated rings. The number of allylic oxidation sites excluding steroid dienone is 3. The summed E-state index contributed by atoms with van der Waals surface area (Å²) in [5.74, 6) is 0.544. The average Bonchev–Trinajstić information content (AvgIpc) is 3.36. The van der Waals surface area contributed by atoms with E-state index >= 15 is 0 Å². The highest BCUT2D eigenvalue weighted by molar-refractivity contribution is 5.80. The predicted molar refractivity (Wildman–Crippen MR) is 98.2 cm³/mol. The van der Waals surface area contributed by atoms with Crippen molar-refractivity contribution >= 4 is 12.0 Å². The molecule has 1 aliphatic carbocycles. The zero-order valence-corrected chi connectivity index (χ0v) is 15.1. The molecular weight excluding hydrogens is 282 g/mol. The Hall–Kier alpha value is -1.83. The summed E-state index contributed by atoms with van der Waals surface area (Å²) in [6, 6.07) is 6.73. The Labute approximate surface area is 140 Å². The lowest BCUT2D eigenvalue weighted by Crippen LogP contribution is -2.32. The Morgan fingerprint density at radius 1 is 1.17 bits per heavy atom. The third-order valence-corrected chi connectivity index (χ3v) is 4.31. The van der Waals surface area contributed by atoms with Gasteiger partial charge in [0.2, 0.25) is 5.91 Å². The molecule has 0 bridgehead atoms. The Morgan fingerprint density at radius 3 is 2.48 bits per heavy atom. The summed E-state index contributed by atoms with van der Waals surface area (Å²) in [5.41, 5.74) is 7.89. The number of benzene rings is 1. The molecule has 1 heterocycles. The molecule has 0 radical (unpaired) electrons. The number of amides is 1. The second-order valence-electron chi connectivity index (χ2n) is 6.49. The number of aryl methyl sites for hydroxylation is 1. The van der Waals surface area contributed by atoms with Gasteiger partial charge >= 0.3 is 0 Å². The minimum Gasteiger partial charge on any atom is -0.329 e. The van der Waals surface area contributed by atoms with Crippen LogP contribution in [-0.2, 0) is 4.79 Å². The number of rotatable bonds is 2. The summed E-state index contributed by atoms with van der Waals surface area (Å²) in [5, 5.41) is 3.13. The first kappa shape index (κ1) is 17.5. The number of hydrogen-bond acceptors (Lipinski definition) is 1. The zero-order chi connectivity index (χ0) is 17.0. The van der Waals surface area contributed by atoms with Crippen molar-refractivity contribution in [2.45, 2.75) is 66.2 Å². The molecule has 1 N–H and O–H groups in total. The molecule has 1 atom stereocenters. The highest BCUT2D eigenvalue weighted by atomic mass is 16.1. The molecule has 0 spiro atoms. The van der Waals surface area contributed by atoms with Crippen LogP contribution in [0.1, 0.15) is 76.0 Å². The molecule has 1 aliphatic heterocycles. The van der Waals surface area contributed by atoms with Crippen LogP contribution >= 0.6 is 0 Å². The minimum absolute atomic E-state index is 0.178. The van der Waals surface area contributed by atoms with E-state index in [0.717, 1.165) is 19.3 Å². The maximum atomic E-state index is 11.7. The summed E-state index contributed by atoms with van der Waals surface area (Å²) in [7, 11) is 0. The molecule has 23 heavy (non-hydrogen) atoms. The SMILES string of the molecule is CC.CC(C)=Cc1cc(C2CCC(=O)NC2=C2CC2)ccc1C. The maximum Gasteiger partial charge on any atom is 0.224 e. The van der Waals surface area contributed by atoms with Crippen molar-refractivity contribution in [2.75, 3.05) is 0 Å². The lowest BCUT2D eigenvalue weighted by molar-refractivity contribution is -0.121. The lowest BCUT2D eigenvalue weighted by Gasteiger charge is -2.27. The van der Waals surface area contributed by atoms with Crippen molar-refractivity contribution in [1.82, 2.24) is 5.32 Å². The van der Waals surface area contributed by atoms with Gasteiger partial charge in [0.25, 0.3) is 0 Å². The van der Waals surface area contributed by atoms with E-state index in [2.05, 4.69) is 50.4 Å². The van der Waals surface area contributed by atoms with Gasteiger partial charge in [-0.1, -0.05) is 43.7 Å². The number of carbonyl (C=O) groups excluding carboxylic acids is 1. The fourth-order valence-corrected chi connectivity index (χ4v) is 3.06. The van der Waals surface area contributed by atoms with Crippen molar-refractivity contribution in [2.24, 2.45) is 0 Å². The molecular formula is C21H29NO. The molecule has 1 unspecified atom stereocenters. The number of nitrogens with one attached hydrogen (secondary N) is 1. The summed E-state index contributed by atoms with van der Waals surface area (Å²) >= 11 is 0. The smallest absolute Gasteiger partial charge is 0.224 e. The fourth-order valence-electron chi connectivity index (χ4n) is 3.06. The van der Waals surface area contributed by atoms with Gasteiger partial charge in [-0.3, -0.25) is 4.79 Å². The van der Waals surface area contributed by atoms with Crippen LogP contribution in [0.4, 0.5) is 0 Å². The average molecular weight is 311 g/mol. The molecule has 1 saturated heterocycles. The van der Waals surface area contributed by atoms with E-state index in [1.54, 1.807) is 0 Å². The van der Waals surface area contributed by atoms with E-state index in [1.165, 1.54) is 33.5 Å². The van der Waals surface area contributed by atoms with Gasteiger partial charge in [-0.2, -0.15) is 0 Å². The van der Waals surface area contributed by atoms with Gasteiger partial charge in [-0.25, -0.2) is 0 Å². The van der Waals surface area contributed by atoms with Gasteiger partial charge in [-0.15, -0.1) is 0 Å². The van der Waals surface area contributed by atoms with Crippen LogP contribution in [0, 0.1) is 6.92 Å². The number of piperidine rings is 1. The highest BCUT2D eigenvalue weighted by Gasteiger charge is 2.30. The van der Waals surface area contributed by atoms with Gasteiger partial charge in [0, 0.05) is 18.0 Å². The van der Waals surface area contributed by atoms with Gasteiger partial charge in [0.15, 0.2) is 0 Å². The van der Waals surface area contributed by atoms with Gasteiger partial charge < -0.3 is 5.32 Å². The largest absolute Gasteiger partial charge is 0.329 e. The van der Waals surface area contributed by atoms with Gasteiger partial charge in [-0.05, 0) is 62.3 Å². The molecule has 1 aromatic carbocycles. The summed E-state index contributed by atoms with van der Waals surface area (Å²) in [4.78, 5) is 11.7. The topological polar surface area (TPSA) is 29.1 Å². The standard InChI is InChI=1S/C19H23NO.C2H6/c1-12(2)10-16-11-15(5-4-13(16)3)17-8-9-18(21)20-19(17)14-6-7-14;1-2/h4-5,10-11,17H,6-9H2,1-3H3,(H,20,21);1-2H3. The Balaban J connectivity index is 0.000000924. The Kier molecular flexibility index (Phi) is 5.81. The van der Waals surface area contributed by atoms with Crippen molar-refractivity contribution in [3.05, 3.63) is 51.7 Å². The molecule has 1 saturated carbocycles. The van der Waals surface area contributed by atoms with E-state index in [1.807, 2.05) is 13.8 Å². The first-order valence-corrected chi connectivity index (χ1v) is 8.82. The van der Waals surface area contributed by atoms with Crippen LogP contribution in [0.5, 0.6) is 0 Å². The number of carbonyl (C=O) groups is 1. The summed E-state index contributed by atoms with van der Waals surface area (Å²) in [6.45, 7) is 10.4. The molecule has 124 valence electrons. The first-order valence-electron chi connectivity index (χ1n) is 8.82. The lowest BCUT2D eigenvalue weighted by atomic mass is 9.86. The fraction of sp³-hybridized carbons (Fsp3) is 0.476. The normalized spacial score (nSPS) is 19.5. The monoisotopic (exact) mass is 311 g/mol. The van der Waals surface area contributed by atoms with E-state index < -0.39 is 0 Å². The molecule has 0 aromatic heterocycles. The van der Waals surface area contributed by atoms with E-state index in [-0.39, 0.29) is 5.91 Å². The predicted octanol–water partition coefficient (Wildman–Crippen LogP) is 5.49. The van der Waals surface area contributed by atoms with E-state index in [4.69, 9.17) is 0 Å². The molecule has 3 rings (SSSR count). The van der Waals surface area contributed by atoms with Crippen molar-refractivity contribution in [1.29, 1.82) is 0 Å². The quantitative estimate of drug-likeness (QED) is 0.769. The zero-order valence-electron chi connectivity index (χ0n) is 15.1. The molecule has 2 aliphatic rings. The molecule has 1 amide bonds. The summed E-state index contributed by atoms with van der Waals surface area (Å²) in [6.07, 6.45) is 6.11. The minimum atomic E-state index is 0.178. The Bertz CT molecular complexity index is 642. The van der Waals surface area contributed by atoms with Crippen LogP contribution in [0.3, 0.4) is 0 Å². The van der Waals surface area contributed by atoms with Crippen molar-refractivity contribution in [3.63, 3.8) is 0 Å². The first-order chi connectivity index (χ1) is 11.0. The molecule has 2 heteroatoms. The number of hydrogen-bond donors (Lipinski definition) is 1. The van der Waals surface area contributed by atoms with Crippen LogP contribution < -0.4 is 5.32 Å². The third-order valence-electron chi connectivity index (χ3n) is 4.31. The van der Waals surface area contributed by atoms with E-state index in [0.29, 0.717) is 12.3 Å². The second-order valence-corrected chi connectivity index (χ2v) is 6.49. The summed E-state index contributed by atoms with van der Waals surface area (Å²) < 4.78 is 0. The van der Waals surface area contributed by atoms with Crippen LogP contribution in [0.15, 0.2) is 35.0 Å².